The van der Waals surface area contributed by atoms with Gasteiger partial charge < -0.3 is 0 Å². The average molecular weight is 236 g/mol. The zero-order chi connectivity index (χ0) is 12.8. The maximum absolute atomic E-state index is 2.42. The van der Waals surface area contributed by atoms with Crippen molar-refractivity contribution in [3.8, 4) is 0 Å². The molecule has 2 aliphatic rings. The summed E-state index contributed by atoms with van der Waals surface area (Å²) in [6, 6.07) is 8.87. The lowest BCUT2D eigenvalue weighted by Gasteiger charge is -2.35. The first-order valence-corrected chi connectivity index (χ1v) is 6.75. The Labute approximate surface area is 110 Å². The monoisotopic (exact) mass is 236 g/mol. The third-order valence-corrected chi connectivity index (χ3v) is 4.13. The van der Waals surface area contributed by atoms with Crippen LogP contribution in [0.15, 0.2) is 53.6 Å². The summed E-state index contributed by atoms with van der Waals surface area (Å²) in [4.78, 5) is 0. The van der Waals surface area contributed by atoms with Crippen molar-refractivity contribution in [3.63, 3.8) is 0 Å². The van der Waals surface area contributed by atoms with Crippen LogP contribution in [-0.2, 0) is 5.41 Å². The Morgan fingerprint density at radius 2 is 1.83 bits per heavy atom. The highest BCUT2D eigenvalue weighted by Crippen LogP contribution is 2.45. The van der Waals surface area contributed by atoms with Gasteiger partial charge in [0, 0.05) is 0 Å². The van der Waals surface area contributed by atoms with Crippen LogP contribution >= 0.6 is 0 Å². The molecule has 1 aromatic rings. The van der Waals surface area contributed by atoms with Crippen LogP contribution in [0.25, 0.3) is 5.57 Å². The van der Waals surface area contributed by atoms with Gasteiger partial charge in [0.2, 0.25) is 0 Å². The second-order valence-electron chi connectivity index (χ2n) is 6.13. The van der Waals surface area contributed by atoms with Crippen molar-refractivity contribution in [1.82, 2.24) is 0 Å². The van der Waals surface area contributed by atoms with Crippen LogP contribution in [-0.4, -0.2) is 0 Å². The SMILES string of the molecule is CC1=CC=C2C(=CC1)CC(C)(C)c1ccccc12. The molecule has 0 aliphatic heterocycles. The van der Waals surface area contributed by atoms with Crippen LogP contribution in [0.1, 0.15) is 44.7 Å². The molecule has 0 saturated heterocycles. The molecule has 18 heavy (non-hydrogen) atoms. The molecule has 2 aliphatic carbocycles. The summed E-state index contributed by atoms with van der Waals surface area (Å²) in [6.45, 7) is 6.92. The smallest absolute Gasteiger partial charge is 0.00570 e. The zero-order valence-electron chi connectivity index (χ0n) is 11.5. The van der Waals surface area contributed by atoms with Gasteiger partial charge in [0.15, 0.2) is 0 Å². The van der Waals surface area contributed by atoms with Crippen molar-refractivity contribution >= 4 is 5.57 Å². The lowest BCUT2D eigenvalue weighted by molar-refractivity contribution is 0.515. The van der Waals surface area contributed by atoms with Crippen molar-refractivity contribution < 1.29 is 0 Å². The molecule has 3 rings (SSSR count). The van der Waals surface area contributed by atoms with Crippen LogP contribution < -0.4 is 0 Å². The van der Waals surface area contributed by atoms with E-state index in [1.54, 1.807) is 0 Å². The highest BCUT2D eigenvalue weighted by atomic mass is 14.4. The molecule has 0 fully saturated rings. The van der Waals surface area contributed by atoms with Gasteiger partial charge in [0.05, 0.1) is 0 Å². The maximum atomic E-state index is 2.42. The molecule has 0 unspecified atom stereocenters. The Bertz CT molecular complexity index is 580. The van der Waals surface area contributed by atoms with Gasteiger partial charge >= 0.3 is 0 Å². The molecule has 0 heteroatoms. The molecular formula is C18H20. The third kappa shape index (κ3) is 1.77. The van der Waals surface area contributed by atoms with Gasteiger partial charge in [-0.1, -0.05) is 61.9 Å². The summed E-state index contributed by atoms with van der Waals surface area (Å²) < 4.78 is 0. The Morgan fingerprint density at radius 1 is 1.06 bits per heavy atom. The molecule has 0 saturated carbocycles. The Morgan fingerprint density at radius 3 is 2.67 bits per heavy atom. The minimum absolute atomic E-state index is 0.248. The van der Waals surface area contributed by atoms with E-state index in [0.29, 0.717) is 0 Å². The minimum atomic E-state index is 0.248. The first kappa shape index (κ1) is 11.5. The summed E-state index contributed by atoms with van der Waals surface area (Å²) in [5.41, 5.74) is 7.55. The number of hydrogen-bond acceptors (Lipinski definition) is 0. The van der Waals surface area contributed by atoms with E-state index in [-0.39, 0.29) is 5.41 Å². The van der Waals surface area contributed by atoms with Gasteiger partial charge in [-0.3, -0.25) is 0 Å². The fraction of sp³-hybridized carbons (Fsp3) is 0.333. The van der Waals surface area contributed by atoms with Gasteiger partial charge in [-0.15, -0.1) is 0 Å². The Balaban J connectivity index is 2.24. The molecule has 92 valence electrons. The maximum Gasteiger partial charge on any atom is -0.00570 e. The number of fused-ring (bicyclic) bond motifs is 3. The van der Waals surface area contributed by atoms with Crippen LogP contribution in [0.3, 0.4) is 0 Å². The highest BCUT2D eigenvalue weighted by molar-refractivity contribution is 5.85. The van der Waals surface area contributed by atoms with E-state index in [9.17, 15) is 0 Å². The van der Waals surface area contributed by atoms with Crippen LogP contribution in [0.5, 0.6) is 0 Å². The van der Waals surface area contributed by atoms with Gasteiger partial charge in [-0.2, -0.15) is 0 Å². The molecule has 0 amide bonds. The van der Waals surface area contributed by atoms with Crippen LogP contribution in [0.4, 0.5) is 0 Å². The quantitative estimate of drug-likeness (QED) is 0.593. The van der Waals surface area contributed by atoms with Gasteiger partial charge in [0.25, 0.3) is 0 Å². The molecule has 0 nitrogen and oxygen atoms in total. The second kappa shape index (κ2) is 3.98. The van der Waals surface area contributed by atoms with E-state index in [2.05, 4.69) is 63.3 Å². The van der Waals surface area contributed by atoms with E-state index in [0.717, 1.165) is 12.8 Å². The highest BCUT2D eigenvalue weighted by Gasteiger charge is 2.32. The van der Waals surface area contributed by atoms with Crippen molar-refractivity contribution in [2.45, 2.75) is 39.0 Å². The summed E-state index contributed by atoms with van der Waals surface area (Å²) in [5, 5.41) is 0. The largest absolute Gasteiger partial charge is 0.0766 e. The topological polar surface area (TPSA) is 0 Å². The molecule has 0 bridgehead atoms. The molecule has 0 aromatic heterocycles. The molecular weight excluding hydrogens is 216 g/mol. The van der Waals surface area contributed by atoms with E-state index in [1.807, 2.05) is 0 Å². The molecule has 0 heterocycles. The molecule has 0 N–H and O–H groups in total. The minimum Gasteiger partial charge on any atom is -0.0766 e. The number of hydrogen-bond donors (Lipinski definition) is 0. The number of rotatable bonds is 0. The lowest BCUT2D eigenvalue weighted by atomic mass is 9.68. The fourth-order valence-corrected chi connectivity index (χ4v) is 3.10. The first-order valence-electron chi connectivity index (χ1n) is 6.75. The predicted octanol–water partition coefficient (Wildman–Crippen LogP) is 5.03. The molecule has 0 radical (unpaired) electrons. The molecule has 0 spiro atoms. The van der Waals surface area contributed by atoms with Crippen molar-refractivity contribution in [3.05, 3.63) is 64.8 Å². The predicted molar refractivity (Wildman–Crippen MR) is 78.5 cm³/mol. The van der Waals surface area contributed by atoms with Crippen molar-refractivity contribution in [1.29, 1.82) is 0 Å². The summed E-state index contributed by atoms with van der Waals surface area (Å²) in [7, 11) is 0. The van der Waals surface area contributed by atoms with Gasteiger partial charge in [-0.05, 0) is 47.5 Å². The van der Waals surface area contributed by atoms with Gasteiger partial charge in [-0.25, -0.2) is 0 Å². The normalized spacial score (nSPS) is 20.9. The average Bonchev–Trinajstić information content (AvgIpc) is 2.52. The van der Waals surface area contributed by atoms with E-state index < -0.39 is 0 Å². The standard InChI is InChI=1S/C18H20/c1-13-8-10-14-12-18(2,3)17-7-5-4-6-16(17)15(14)11-9-13/h4-7,9-11H,8,12H2,1-3H3. The van der Waals surface area contributed by atoms with Crippen molar-refractivity contribution in [2.75, 3.05) is 0 Å². The molecule has 1 aromatic carbocycles. The number of allylic oxidation sites excluding steroid dienone is 6. The van der Waals surface area contributed by atoms with E-state index in [1.165, 1.54) is 27.8 Å². The molecule has 0 atom stereocenters. The Hall–Kier alpha value is -1.56. The first-order chi connectivity index (χ1) is 8.58. The van der Waals surface area contributed by atoms with Crippen LogP contribution in [0, 0.1) is 0 Å². The van der Waals surface area contributed by atoms with E-state index in [4.69, 9.17) is 0 Å². The number of benzene rings is 1. The zero-order valence-corrected chi connectivity index (χ0v) is 11.5. The summed E-state index contributed by atoms with van der Waals surface area (Å²) >= 11 is 0. The fourth-order valence-electron chi connectivity index (χ4n) is 3.10. The third-order valence-electron chi connectivity index (χ3n) is 4.13. The van der Waals surface area contributed by atoms with Crippen LogP contribution in [0.2, 0.25) is 0 Å². The summed E-state index contributed by atoms with van der Waals surface area (Å²) in [6.07, 6.45) is 9.24. The Kier molecular flexibility index (Phi) is 2.55. The lowest BCUT2D eigenvalue weighted by Crippen LogP contribution is -2.24. The second-order valence-corrected chi connectivity index (χ2v) is 6.13. The van der Waals surface area contributed by atoms with E-state index >= 15 is 0 Å². The summed E-state index contributed by atoms with van der Waals surface area (Å²) in [5.74, 6) is 0. The van der Waals surface area contributed by atoms with Crippen molar-refractivity contribution in [2.24, 2.45) is 0 Å². The van der Waals surface area contributed by atoms with Gasteiger partial charge in [0.1, 0.15) is 0 Å².